The van der Waals surface area contributed by atoms with Gasteiger partial charge in [-0.15, -0.1) is 0 Å². The van der Waals surface area contributed by atoms with Crippen molar-refractivity contribution in [2.75, 3.05) is 14.2 Å². The lowest BCUT2D eigenvalue weighted by atomic mass is 9.69. The average Bonchev–Trinajstić information content (AvgIpc) is 2.84. The Morgan fingerprint density at radius 2 is 1.06 bits per heavy atom. The predicted molar refractivity (Wildman–Crippen MR) is 141 cm³/mol. The van der Waals surface area contributed by atoms with E-state index in [0.29, 0.717) is 0 Å². The van der Waals surface area contributed by atoms with Crippen molar-refractivity contribution in [1.82, 2.24) is 0 Å². The monoisotopic (exact) mass is 468 g/mol. The summed E-state index contributed by atoms with van der Waals surface area (Å²) in [7, 11) is 2.84. The first-order chi connectivity index (χ1) is 16.7. The molecular formula is C31H32O4. The third kappa shape index (κ3) is 4.41. The Kier molecular flexibility index (Phi) is 6.66. The number of carbonyl (C=O) groups excluding carboxylic acids is 2. The summed E-state index contributed by atoms with van der Waals surface area (Å²) in [5.41, 5.74) is 6.03. The lowest BCUT2D eigenvalue weighted by molar-refractivity contribution is -0.140. The van der Waals surface area contributed by atoms with E-state index in [1.54, 1.807) is 0 Å². The van der Waals surface area contributed by atoms with Crippen molar-refractivity contribution in [2.24, 2.45) is 0 Å². The molecule has 0 aromatic heterocycles. The fourth-order valence-corrected chi connectivity index (χ4v) is 5.58. The van der Waals surface area contributed by atoms with Gasteiger partial charge in [-0.2, -0.15) is 0 Å². The summed E-state index contributed by atoms with van der Waals surface area (Å²) in [5, 5.41) is 4.50. The zero-order chi connectivity index (χ0) is 25.3. The van der Waals surface area contributed by atoms with Crippen molar-refractivity contribution in [3.05, 3.63) is 94.0 Å². The maximum absolute atomic E-state index is 12.2. The van der Waals surface area contributed by atoms with Gasteiger partial charge in [-0.05, 0) is 68.8 Å². The minimum absolute atomic E-state index is 0.221. The van der Waals surface area contributed by atoms with Crippen LogP contribution in [0.25, 0.3) is 21.5 Å². The highest BCUT2D eigenvalue weighted by Crippen LogP contribution is 2.44. The van der Waals surface area contributed by atoms with Crippen molar-refractivity contribution in [1.29, 1.82) is 0 Å². The fraction of sp³-hybridized carbons (Fsp3) is 0.290. The third-order valence-electron chi connectivity index (χ3n) is 7.21. The van der Waals surface area contributed by atoms with Gasteiger partial charge in [-0.1, -0.05) is 74.5 Å². The first-order valence-electron chi connectivity index (χ1n) is 11.9. The highest BCUT2D eigenvalue weighted by Gasteiger charge is 2.32. The van der Waals surface area contributed by atoms with Crippen molar-refractivity contribution in [3.8, 4) is 0 Å². The number of hydrogen-bond donors (Lipinski definition) is 0. The number of ether oxygens (including phenoxy) is 2. The van der Waals surface area contributed by atoms with Gasteiger partial charge in [0.15, 0.2) is 0 Å². The lowest BCUT2D eigenvalue weighted by Gasteiger charge is -2.34. The first kappa shape index (κ1) is 24.5. The van der Waals surface area contributed by atoms with Gasteiger partial charge in [0.25, 0.3) is 0 Å². The van der Waals surface area contributed by atoms with Crippen molar-refractivity contribution in [2.45, 2.75) is 46.0 Å². The number of rotatable bonds is 6. The molecule has 0 heterocycles. The van der Waals surface area contributed by atoms with Crippen LogP contribution >= 0.6 is 0 Å². The Bertz CT molecular complexity index is 1340. The van der Waals surface area contributed by atoms with Crippen LogP contribution in [0.1, 0.15) is 47.2 Å². The van der Waals surface area contributed by atoms with E-state index < -0.39 is 5.41 Å². The van der Waals surface area contributed by atoms with Crippen LogP contribution in [0.15, 0.2) is 60.7 Å². The highest BCUT2D eigenvalue weighted by atomic mass is 16.5. The Morgan fingerprint density at radius 1 is 0.686 bits per heavy atom. The molecule has 0 radical (unpaired) electrons. The molecule has 4 nitrogen and oxygen atoms in total. The minimum atomic E-state index is -0.425. The quantitative estimate of drug-likeness (QED) is 0.309. The fourth-order valence-electron chi connectivity index (χ4n) is 5.58. The molecule has 0 aliphatic carbocycles. The maximum atomic E-state index is 12.2. The topological polar surface area (TPSA) is 52.6 Å². The second-order valence-electron chi connectivity index (χ2n) is 9.64. The summed E-state index contributed by atoms with van der Waals surface area (Å²) < 4.78 is 9.98. The maximum Gasteiger partial charge on any atom is 0.309 e. The standard InChI is InChI=1S/C31H32O4/c1-19-23(17-27(32)34-5)15-21-11-7-9-13-25(21)29(19)31(3,4)30-20(2)24(18-28(33)35-6)16-22-12-8-10-14-26(22)30/h7-16H,17-18H2,1-6H3. The summed E-state index contributed by atoms with van der Waals surface area (Å²) in [6.07, 6.45) is 0.441. The summed E-state index contributed by atoms with van der Waals surface area (Å²) in [5.74, 6) is -0.511. The van der Waals surface area contributed by atoms with Gasteiger partial charge < -0.3 is 9.47 Å². The van der Waals surface area contributed by atoms with E-state index in [0.717, 1.165) is 43.8 Å². The van der Waals surface area contributed by atoms with E-state index in [2.05, 4.69) is 76.2 Å². The van der Waals surface area contributed by atoms with Crippen LogP contribution in [-0.4, -0.2) is 26.2 Å². The summed E-state index contributed by atoms with van der Waals surface area (Å²) in [6.45, 7) is 8.66. The highest BCUT2D eigenvalue weighted by molar-refractivity contribution is 5.94. The smallest absolute Gasteiger partial charge is 0.309 e. The van der Waals surface area contributed by atoms with E-state index in [-0.39, 0.29) is 24.8 Å². The van der Waals surface area contributed by atoms with Crippen LogP contribution < -0.4 is 0 Å². The summed E-state index contributed by atoms with van der Waals surface area (Å²) in [6, 6.07) is 20.8. The molecule has 0 saturated carbocycles. The molecule has 0 unspecified atom stereocenters. The number of methoxy groups -OCH3 is 2. The number of hydrogen-bond acceptors (Lipinski definition) is 4. The normalized spacial score (nSPS) is 11.6. The summed E-state index contributed by atoms with van der Waals surface area (Å²) >= 11 is 0. The van der Waals surface area contributed by atoms with Gasteiger partial charge in [0.05, 0.1) is 27.1 Å². The molecule has 35 heavy (non-hydrogen) atoms. The minimum Gasteiger partial charge on any atom is -0.469 e. The third-order valence-corrected chi connectivity index (χ3v) is 7.21. The molecule has 0 amide bonds. The number of fused-ring (bicyclic) bond motifs is 2. The molecular weight excluding hydrogens is 436 g/mol. The Hall–Kier alpha value is -3.66. The molecule has 0 spiro atoms. The van der Waals surface area contributed by atoms with Crippen molar-refractivity contribution in [3.63, 3.8) is 0 Å². The van der Waals surface area contributed by atoms with Gasteiger partial charge in [0, 0.05) is 5.41 Å². The van der Waals surface area contributed by atoms with E-state index in [1.165, 1.54) is 25.3 Å². The largest absolute Gasteiger partial charge is 0.469 e. The molecule has 4 aromatic carbocycles. The van der Waals surface area contributed by atoms with Crippen LogP contribution in [-0.2, 0) is 37.3 Å². The Labute approximate surface area is 206 Å². The van der Waals surface area contributed by atoms with Crippen molar-refractivity contribution >= 4 is 33.5 Å². The number of benzene rings is 4. The molecule has 0 saturated heterocycles. The van der Waals surface area contributed by atoms with E-state index in [1.807, 2.05) is 12.1 Å². The Balaban J connectivity index is 2.07. The van der Waals surface area contributed by atoms with Crippen LogP contribution in [0.4, 0.5) is 0 Å². The van der Waals surface area contributed by atoms with Crippen molar-refractivity contribution < 1.29 is 19.1 Å². The zero-order valence-corrected chi connectivity index (χ0v) is 21.3. The average molecular weight is 469 g/mol. The van der Waals surface area contributed by atoms with E-state index >= 15 is 0 Å². The van der Waals surface area contributed by atoms with E-state index in [9.17, 15) is 9.59 Å². The molecule has 0 aliphatic heterocycles. The predicted octanol–water partition coefficient (Wildman–Crippen LogP) is 6.37. The van der Waals surface area contributed by atoms with Gasteiger partial charge in [-0.25, -0.2) is 0 Å². The van der Waals surface area contributed by atoms with Crippen LogP contribution in [0.3, 0.4) is 0 Å². The van der Waals surface area contributed by atoms with E-state index in [4.69, 9.17) is 9.47 Å². The van der Waals surface area contributed by atoms with Crippen LogP contribution in [0, 0.1) is 13.8 Å². The molecule has 0 fully saturated rings. The molecule has 0 atom stereocenters. The molecule has 180 valence electrons. The van der Waals surface area contributed by atoms with Gasteiger partial charge in [-0.3, -0.25) is 9.59 Å². The number of carbonyl (C=O) groups is 2. The Morgan fingerprint density at radius 3 is 1.43 bits per heavy atom. The molecule has 0 aliphatic rings. The van der Waals surface area contributed by atoms with Gasteiger partial charge in [0.2, 0.25) is 0 Å². The second-order valence-corrected chi connectivity index (χ2v) is 9.64. The first-order valence-corrected chi connectivity index (χ1v) is 11.9. The molecule has 0 bridgehead atoms. The molecule has 4 rings (SSSR count). The van der Waals surface area contributed by atoms with Crippen LogP contribution in [0.2, 0.25) is 0 Å². The van der Waals surface area contributed by atoms with Gasteiger partial charge >= 0.3 is 11.9 Å². The lowest BCUT2D eigenvalue weighted by Crippen LogP contribution is -2.25. The SMILES string of the molecule is COC(=O)Cc1cc2ccccc2c(C(C)(C)c2c(C)c(CC(=O)OC)cc3ccccc23)c1C. The van der Waals surface area contributed by atoms with Gasteiger partial charge in [0.1, 0.15) is 0 Å². The molecule has 4 heteroatoms. The zero-order valence-electron chi connectivity index (χ0n) is 21.3. The van der Waals surface area contributed by atoms with Crippen LogP contribution in [0.5, 0.6) is 0 Å². The molecule has 0 N–H and O–H groups in total. The summed E-state index contributed by atoms with van der Waals surface area (Å²) in [4.78, 5) is 24.5. The molecule has 4 aromatic rings. The number of esters is 2. The second kappa shape index (κ2) is 9.53.